The first kappa shape index (κ1) is 25.2. The monoisotopic (exact) mass is 483 g/mol. The molecule has 1 atom stereocenters. The van der Waals surface area contributed by atoms with Crippen LogP contribution in [0, 0.1) is 6.92 Å². The highest BCUT2D eigenvalue weighted by molar-refractivity contribution is 5.94. The van der Waals surface area contributed by atoms with E-state index in [1.54, 1.807) is 41.8 Å². The number of aromatic nitrogens is 2. The molecule has 0 saturated heterocycles. The zero-order valence-corrected chi connectivity index (χ0v) is 22.0. The van der Waals surface area contributed by atoms with Crippen molar-refractivity contribution in [3.63, 3.8) is 0 Å². The van der Waals surface area contributed by atoms with E-state index >= 15 is 0 Å². The Hall–Kier alpha value is -3.93. The molecule has 0 fully saturated rings. The Morgan fingerprint density at radius 2 is 1.64 bits per heavy atom. The smallest absolute Gasteiger partial charge is 0.266 e. The molecule has 0 aliphatic carbocycles. The van der Waals surface area contributed by atoms with Gasteiger partial charge < -0.3 is 9.64 Å². The van der Waals surface area contributed by atoms with E-state index in [1.807, 2.05) is 62.4 Å². The van der Waals surface area contributed by atoms with Gasteiger partial charge >= 0.3 is 0 Å². The van der Waals surface area contributed by atoms with Crippen LogP contribution in [0.3, 0.4) is 0 Å². The van der Waals surface area contributed by atoms with E-state index in [9.17, 15) is 9.59 Å². The third-order valence-corrected chi connectivity index (χ3v) is 6.65. The van der Waals surface area contributed by atoms with E-state index in [1.165, 1.54) is 0 Å². The van der Waals surface area contributed by atoms with Gasteiger partial charge in [-0.1, -0.05) is 39.0 Å². The molecule has 3 aromatic carbocycles. The first-order chi connectivity index (χ1) is 17.0. The van der Waals surface area contributed by atoms with Crippen LogP contribution in [0.15, 0.2) is 71.5 Å². The molecule has 6 nitrogen and oxygen atoms in total. The molecule has 1 unspecified atom stereocenters. The van der Waals surface area contributed by atoms with E-state index in [0.29, 0.717) is 33.7 Å². The number of benzene rings is 3. The summed E-state index contributed by atoms with van der Waals surface area (Å²) in [6.45, 7) is 10.3. The number of carbonyl (C=O) groups is 1. The van der Waals surface area contributed by atoms with Gasteiger partial charge in [-0.15, -0.1) is 0 Å². The molecule has 1 amide bonds. The summed E-state index contributed by atoms with van der Waals surface area (Å²) >= 11 is 0. The summed E-state index contributed by atoms with van der Waals surface area (Å²) in [6, 6.07) is 20.1. The molecule has 186 valence electrons. The molecule has 36 heavy (non-hydrogen) atoms. The fraction of sp³-hybridized carbons (Fsp3) is 0.300. The predicted octanol–water partition coefficient (Wildman–Crippen LogP) is 5.83. The van der Waals surface area contributed by atoms with Gasteiger partial charge in [-0.25, -0.2) is 4.98 Å². The molecule has 0 spiro atoms. The molecule has 4 rings (SSSR count). The molecular weight excluding hydrogens is 450 g/mol. The van der Waals surface area contributed by atoms with E-state index in [-0.39, 0.29) is 16.9 Å². The highest BCUT2D eigenvalue weighted by atomic mass is 16.5. The van der Waals surface area contributed by atoms with Crippen molar-refractivity contribution in [2.45, 2.75) is 46.1 Å². The van der Waals surface area contributed by atoms with Gasteiger partial charge in [-0.2, -0.15) is 0 Å². The first-order valence-electron chi connectivity index (χ1n) is 12.1. The summed E-state index contributed by atoms with van der Waals surface area (Å²) in [7, 11) is 3.35. The van der Waals surface area contributed by atoms with Gasteiger partial charge in [-0.05, 0) is 78.9 Å². The lowest BCUT2D eigenvalue weighted by atomic mass is 9.86. The van der Waals surface area contributed by atoms with Crippen molar-refractivity contribution in [3.05, 3.63) is 99.6 Å². The second-order valence-electron chi connectivity index (χ2n) is 10.2. The SMILES string of the molecule is COc1ccc(-n2c(C(C)N(C)C(=O)c3ccc(C(C)(C)C)cc3)nc3cc(C)ccc3c2=O)cc1. The van der Waals surface area contributed by atoms with Crippen molar-refractivity contribution in [3.8, 4) is 11.4 Å². The van der Waals surface area contributed by atoms with Crippen LogP contribution in [0.25, 0.3) is 16.6 Å². The number of amides is 1. The lowest BCUT2D eigenvalue weighted by Gasteiger charge is -2.27. The van der Waals surface area contributed by atoms with E-state index in [4.69, 9.17) is 9.72 Å². The minimum absolute atomic E-state index is 0.00233. The minimum Gasteiger partial charge on any atom is -0.497 e. The second kappa shape index (κ2) is 9.61. The molecule has 1 aromatic heterocycles. The maximum Gasteiger partial charge on any atom is 0.266 e. The van der Waals surface area contributed by atoms with Crippen LogP contribution >= 0.6 is 0 Å². The number of hydrogen-bond acceptors (Lipinski definition) is 4. The van der Waals surface area contributed by atoms with Gasteiger partial charge in [0.2, 0.25) is 0 Å². The molecule has 0 aliphatic heterocycles. The number of carbonyl (C=O) groups excluding carboxylic acids is 1. The van der Waals surface area contributed by atoms with Gasteiger partial charge in [0.25, 0.3) is 11.5 Å². The fourth-order valence-corrected chi connectivity index (χ4v) is 4.24. The van der Waals surface area contributed by atoms with Crippen LogP contribution < -0.4 is 10.3 Å². The molecule has 0 N–H and O–H groups in total. The van der Waals surface area contributed by atoms with Crippen LogP contribution in [-0.4, -0.2) is 34.5 Å². The van der Waals surface area contributed by atoms with Gasteiger partial charge in [0.1, 0.15) is 11.6 Å². The summed E-state index contributed by atoms with van der Waals surface area (Å²) in [5, 5.41) is 0.527. The molecule has 4 aromatic rings. The topological polar surface area (TPSA) is 64.4 Å². The Morgan fingerprint density at radius 3 is 2.22 bits per heavy atom. The van der Waals surface area contributed by atoms with Gasteiger partial charge in [-0.3, -0.25) is 14.2 Å². The van der Waals surface area contributed by atoms with Crippen LogP contribution in [0.2, 0.25) is 0 Å². The van der Waals surface area contributed by atoms with Crippen molar-refractivity contribution in [2.75, 3.05) is 14.2 Å². The Labute approximate surface area is 212 Å². The lowest BCUT2D eigenvalue weighted by Crippen LogP contribution is -2.35. The Bertz CT molecular complexity index is 1460. The predicted molar refractivity (Wildman–Crippen MR) is 144 cm³/mol. The fourth-order valence-electron chi connectivity index (χ4n) is 4.24. The Kier molecular flexibility index (Phi) is 6.72. The maximum absolute atomic E-state index is 13.7. The number of hydrogen-bond donors (Lipinski definition) is 0. The van der Waals surface area contributed by atoms with Gasteiger partial charge in [0.15, 0.2) is 0 Å². The van der Waals surface area contributed by atoms with Crippen molar-refractivity contribution >= 4 is 16.8 Å². The largest absolute Gasteiger partial charge is 0.497 e. The first-order valence-corrected chi connectivity index (χ1v) is 12.1. The van der Waals surface area contributed by atoms with Gasteiger partial charge in [0, 0.05) is 12.6 Å². The zero-order chi connectivity index (χ0) is 26.2. The number of methoxy groups -OCH3 is 1. The van der Waals surface area contributed by atoms with Crippen molar-refractivity contribution in [2.24, 2.45) is 0 Å². The third-order valence-electron chi connectivity index (χ3n) is 6.65. The molecule has 0 bridgehead atoms. The Morgan fingerprint density at radius 1 is 1.00 bits per heavy atom. The molecule has 1 heterocycles. The number of aryl methyl sites for hydroxylation is 1. The van der Waals surface area contributed by atoms with Crippen LogP contribution in [0.1, 0.15) is 61.0 Å². The molecular formula is C30H33N3O3. The normalized spacial score (nSPS) is 12.4. The number of rotatable bonds is 5. The van der Waals surface area contributed by atoms with E-state index < -0.39 is 6.04 Å². The highest BCUT2D eigenvalue weighted by Gasteiger charge is 2.25. The number of nitrogens with zero attached hydrogens (tertiary/aromatic N) is 3. The summed E-state index contributed by atoms with van der Waals surface area (Å²) in [4.78, 5) is 33.7. The third kappa shape index (κ3) is 4.76. The number of ether oxygens (including phenoxy) is 1. The van der Waals surface area contributed by atoms with Crippen molar-refractivity contribution in [1.82, 2.24) is 14.5 Å². The van der Waals surface area contributed by atoms with Gasteiger partial charge in [0.05, 0.1) is 29.7 Å². The van der Waals surface area contributed by atoms with Crippen molar-refractivity contribution < 1.29 is 9.53 Å². The number of fused-ring (bicyclic) bond motifs is 1. The zero-order valence-electron chi connectivity index (χ0n) is 22.0. The van der Waals surface area contributed by atoms with E-state index in [0.717, 1.165) is 11.1 Å². The minimum atomic E-state index is -0.473. The standard InChI is InChI=1S/C30H33N3O3/c1-19-8-17-25-26(18-19)31-27(33(29(25)35)23-13-15-24(36-7)16-14-23)20(2)32(6)28(34)21-9-11-22(12-10-21)30(3,4)5/h8-18,20H,1-7H3. The average Bonchev–Trinajstić information content (AvgIpc) is 2.86. The molecule has 6 heteroatoms. The second-order valence-corrected chi connectivity index (χ2v) is 10.2. The quantitative estimate of drug-likeness (QED) is 0.358. The van der Waals surface area contributed by atoms with Crippen LogP contribution in [-0.2, 0) is 5.41 Å². The van der Waals surface area contributed by atoms with Crippen LogP contribution in [0.5, 0.6) is 5.75 Å². The van der Waals surface area contributed by atoms with E-state index in [2.05, 4.69) is 20.8 Å². The Balaban J connectivity index is 1.81. The average molecular weight is 484 g/mol. The van der Waals surface area contributed by atoms with Crippen molar-refractivity contribution in [1.29, 1.82) is 0 Å². The lowest BCUT2D eigenvalue weighted by molar-refractivity contribution is 0.0735. The summed E-state index contributed by atoms with van der Waals surface area (Å²) in [5.41, 5.74) is 3.86. The molecule has 0 radical (unpaired) electrons. The highest BCUT2D eigenvalue weighted by Crippen LogP contribution is 2.26. The molecule has 0 aliphatic rings. The summed E-state index contributed by atoms with van der Waals surface area (Å²) in [6.07, 6.45) is 0. The maximum atomic E-state index is 13.7. The van der Waals surface area contributed by atoms with Crippen LogP contribution in [0.4, 0.5) is 0 Å². The summed E-state index contributed by atoms with van der Waals surface area (Å²) < 4.78 is 6.88. The summed E-state index contributed by atoms with van der Waals surface area (Å²) in [5.74, 6) is 1.05. The molecule has 0 saturated carbocycles.